The van der Waals surface area contributed by atoms with Gasteiger partial charge in [0.1, 0.15) is 6.54 Å². The summed E-state index contributed by atoms with van der Waals surface area (Å²) >= 11 is 0. The first-order valence-electron chi connectivity index (χ1n) is 5.59. The fourth-order valence-electron chi connectivity index (χ4n) is 1.94. The number of morpholine rings is 1. The van der Waals surface area contributed by atoms with Gasteiger partial charge in [0.15, 0.2) is 0 Å². The van der Waals surface area contributed by atoms with E-state index in [0.717, 1.165) is 32.8 Å². The summed E-state index contributed by atoms with van der Waals surface area (Å²) in [6, 6.07) is 8.80. The topological polar surface area (TPSA) is 29.1 Å². The highest BCUT2D eigenvalue weighted by molar-refractivity contribution is 5.48. The molecule has 3 nitrogen and oxygen atoms in total. The Morgan fingerprint density at radius 1 is 1.33 bits per heavy atom. The average molecular weight is 207 g/mol. The zero-order chi connectivity index (χ0) is 10.5. The maximum Gasteiger partial charge on any atom is 0.101 e. The van der Waals surface area contributed by atoms with Crippen molar-refractivity contribution in [3.63, 3.8) is 0 Å². The normalized spacial score (nSPS) is 16.7. The summed E-state index contributed by atoms with van der Waals surface area (Å²) in [6.07, 6.45) is 0. The van der Waals surface area contributed by atoms with Crippen LogP contribution < -0.4 is 10.2 Å². The predicted molar refractivity (Wildman–Crippen MR) is 61.0 cm³/mol. The number of hydrogen-bond acceptors (Lipinski definition) is 2. The summed E-state index contributed by atoms with van der Waals surface area (Å²) in [5.74, 6) is 0. The van der Waals surface area contributed by atoms with Crippen molar-refractivity contribution < 1.29 is 10.1 Å². The lowest BCUT2D eigenvalue weighted by atomic mass is 10.2. The van der Waals surface area contributed by atoms with Gasteiger partial charge >= 0.3 is 0 Å². The lowest BCUT2D eigenvalue weighted by Gasteiger charge is -2.29. The van der Waals surface area contributed by atoms with Gasteiger partial charge in [-0.15, -0.1) is 0 Å². The van der Waals surface area contributed by atoms with E-state index >= 15 is 0 Å². The fraction of sp³-hybridized carbons (Fsp3) is 0.500. The van der Waals surface area contributed by atoms with E-state index in [9.17, 15) is 0 Å². The van der Waals surface area contributed by atoms with Crippen molar-refractivity contribution in [3.05, 3.63) is 29.8 Å². The number of nitrogens with zero attached hydrogens (tertiary/aromatic N) is 1. The SMILES string of the molecule is C[NH2+]Cc1cccc(N2CCOCC2)c1. The van der Waals surface area contributed by atoms with Crippen molar-refractivity contribution in [2.45, 2.75) is 6.54 Å². The van der Waals surface area contributed by atoms with E-state index in [1.165, 1.54) is 11.3 Å². The smallest absolute Gasteiger partial charge is 0.101 e. The molecule has 1 aromatic rings. The van der Waals surface area contributed by atoms with Gasteiger partial charge in [0.25, 0.3) is 0 Å². The van der Waals surface area contributed by atoms with Crippen molar-refractivity contribution in [3.8, 4) is 0 Å². The van der Waals surface area contributed by atoms with E-state index in [0.29, 0.717) is 0 Å². The van der Waals surface area contributed by atoms with Crippen LogP contribution >= 0.6 is 0 Å². The molecule has 82 valence electrons. The van der Waals surface area contributed by atoms with E-state index in [2.05, 4.69) is 41.5 Å². The Labute approximate surface area is 91.0 Å². The third-order valence-electron chi connectivity index (χ3n) is 2.73. The molecule has 0 amide bonds. The van der Waals surface area contributed by atoms with Crippen molar-refractivity contribution in [2.75, 3.05) is 38.3 Å². The largest absolute Gasteiger partial charge is 0.378 e. The van der Waals surface area contributed by atoms with Crippen LogP contribution in [-0.4, -0.2) is 33.4 Å². The van der Waals surface area contributed by atoms with Gasteiger partial charge < -0.3 is 15.0 Å². The maximum atomic E-state index is 5.35. The van der Waals surface area contributed by atoms with Gasteiger partial charge in [-0.25, -0.2) is 0 Å². The Kier molecular flexibility index (Phi) is 3.59. The zero-order valence-corrected chi connectivity index (χ0v) is 9.28. The third kappa shape index (κ3) is 2.70. The minimum absolute atomic E-state index is 0.851. The summed E-state index contributed by atoms with van der Waals surface area (Å²) < 4.78 is 5.35. The zero-order valence-electron chi connectivity index (χ0n) is 9.28. The van der Waals surface area contributed by atoms with Gasteiger partial charge in [-0.3, -0.25) is 0 Å². The van der Waals surface area contributed by atoms with Crippen molar-refractivity contribution >= 4 is 5.69 Å². The molecule has 0 spiro atoms. The van der Waals surface area contributed by atoms with E-state index in [-0.39, 0.29) is 0 Å². The highest BCUT2D eigenvalue weighted by atomic mass is 16.5. The molecule has 1 fully saturated rings. The molecule has 0 atom stereocenters. The Balaban J connectivity index is 2.09. The maximum absolute atomic E-state index is 5.35. The molecule has 15 heavy (non-hydrogen) atoms. The Hall–Kier alpha value is -1.06. The molecule has 1 aromatic carbocycles. The van der Waals surface area contributed by atoms with Crippen molar-refractivity contribution in [1.29, 1.82) is 0 Å². The Bertz CT molecular complexity index is 308. The van der Waals surface area contributed by atoms with Crippen LogP contribution in [0.3, 0.4) is 0 Å². The first-order valence-corrected chi connectivity index (χ1v) is 5.59. The summed E-state index contributed by atoms with van der Waals surface area (Å²) in [5.41, 5.74) is 2.72. The molecule has 1 aliphatic heterocycles. The van der Waals surface area contributed by atoms with Crippen LogP contribution in [0.5, 0.6) is 0 Å². The molecule has 2 N–H and O–H groups in total. The molecule has 1 aliphatic rings. The van der Waals surface area contributed by atoms with Gasteiger partial charge in [0, 0.05) is 24.3 Å². The molecule has 3 heteroatoms. The van der Waals surface area contributed by atoms with Crippen LogP contribution in [0.4, 0.5) is 5.69 Å². The third-order valence-corrected chi connectivity index (χ3v) is 2.73. The van der Waals surface area contributed by atoms with E-state index < -0.39 is 0 Å². The lowest BCUT2D eigenvalue weighted by molar-refractivity contribution is -0.643. The van der Waals surface area contributed by atoms with Gasteiger partial charge in [0.2, 0.25) is 0 Å². The fourth-order valence-corrected chi connectivity index (χ4v) is 1.94. The van der Waals surface area contributed by atoms with Crippen LogP contribution in [0.25, 0.3) is 0 Å². The lowest BCUT2D eigenvalue weighted by Crippen LogP contribution is -2.77. The number of nitrogens with two attached hydrogens (primary N) is 1. The molecule has 0 aromatic heterocycles. The van der Waals surface area contributed by atoms with Crippen molar-refractivity contribution in [2.24, 2.45) is 0 Å². The van der Waals surface area contributed by atoms with E-state index in [1.807, 2.05) is 0 Å². The molecule has 1 heterocycles. The molecule has 0 unspecified atom stereocenters. The van der Waals surface area contributed by atoms with Gasteiger partial charge in [-0.1, -0.05) is 12.1 Å². The first kappa shape index (κ1) is 10.5. The molecule has 2 rings (SSSR count). The van der Waals surface area contributed by atoms with E-state index in [1.54, 1.807) is 0 Å². The number of hydrogen-bond donors (Lipinski definition) is 1. The minimum Gasteiger partial charge on any atom is -0.378 e. The van der Waals surface area contributed by atoms with E-state index in [4.69, 9.17) is 4.74 Å². The second kappa shape index (κ2) is 5.14. The standard InChI is InChI=1S/C12H18N2O/c1-13-10-11-3-2-4-12(9-11)14-5-7-15-8-6-14/h2-4,9,13H,5-8,10H2,1H3/p+1. The highest BCUT2D eigenvalue weighted by Crippen LogP contribution is 2.16. The number of rotatable bonds is 3. The van der Waals surface area contributed by atoms with Gasteiger partial charge in [0.05, 0.1) is 20.3 Å². The summed E-state index contributed by atoms with van der Waals surface area (Å²) in [5, 5.41) is 2.19. The number of anilines is 1. The van der Waals surface area contributed by atoms with Crippen LogP contribution in [0.1, 0.15) is 5.56 Å². The van der Waals surface area contributed by atoms with Gasteiger partial charge in [-0.2, -0.15) is 0 Å². The quantitative estimate of drug-likeness (QED) is 0.768. The molecular formula is C12H19N2O+. The number of benzene rings is 1. The number of ether oxygens (including phenoxy) is 1. The molecule has 0 radical (unpaired) electrons. The first-order chi connectivity index (χ1) is 7.40. The summed E-state index contributed by atoms with van der Waals surface area (Å²) in [7, 11) is 2.10. The number of quaternary nitrogens is 1. The molecular weight excluding hydrogens is 188 g/mol. The molecule has 0 aliphatic carbocycles. The van der Waals surface area contributed by atoms with Crippen molar-refractivity contribution in [1.82, 2.24) is 0 Å². The summed E-state index contributed by atoms with van der Waals surface area (Å²) in [4.78, 5) is 2.39. The Morgan fingerprint density at radius 2 is 2.13 bits per heavy atom. The monoisotopic (exact) mass is 207 g/mol. The molecule has 0 saturated carbocycles. The van der Waals surface area contributed by atoms with Crippen LogP contribution in [0.15, 0.2) is 24.3 Å². The second-order valence-corrected chi connectivity index (χ2v) is 3.88. The molecule has 1 saturated heterocycles. The minimum atomic E-state index is 0.851. The summed E-state index contributed by atoms with van der Waals surface area (Å²) in [6.45, 7) is 4.78. The highest BCUT2D eigenvalue weighted by Gasteiger charge is 2.11. The van der Waals surface area contributed by atoms with Crippen LogP contribution in [-0.2, 0) is 11.3 Å². The predicted octanol–water partition coefficient (Wildman–Crippen LogP) is 0.216. The second-order valence-electron chi connectivity index (χ2n) is 3.88. The van der Waals surface area contributed by atoms with Crippen LogP contribution in [0, 0.1) is 0 Å². The van der Waals surface area contributed by atoms with Gasteiger partial charge in [-0.05, 0) is 12.1 Å². The average Bonchev–Trinajstić information content (AvgIpc) is 2.31. The van der Waals surface area contributed by atoms with Crippen LogP contribution in [0.2, 0.25) is 0 Å². The Morgan fingerprint density at radius 3 is 2.87 bits per heavy atom. The molecule has 0 bridgehead atoms.